The van der Waals surface area contributed by atoms with Crippen molar-refractivity contribution in [3.05, 3.63) is 36.0 Å². The Kier molecular flexibility index (Phi) is 1.58. The van der Waals surface area contributed by atoms with Gasteiger partial charge in [0.25, 0.3) is 0 Å². The molecule has 0 unspecified atom stereocenters. The van der Waals surface area contributed by atoms with Gasteiger partial charge in [-0.15, -0.1) is 0 Å². The van der Waals surface area contributed by atoms with Gasteiger partial charge in [-0.3, -0.25) is 0 Å². The van der Waals surface area contributed by atoms with Crippen LogP contribution in [-0.4, -0.2) is 6.54 Å². The summed E-state index contributed by atoms with van der Waals surface area (Å²) in [6, 6.07) is 0. The van der Waals surface area contributed by atoms with Crippen LogP contribution >= 0.6 is 0 Å². The minimum atomic E-state index is 0.608. The smallest absolute Gasteiger partial charge is 0.107 e. The van der Waals surface area contributed by atoms with Gasteiger partial charge in [-0.2, -0.15) is 0 Å². The summed E-state index contributed by atoms with van der Waals surface area (Å²) in [6.07, 6.45) is 10.6. The normalized spacial score (nSPS) is 15.4. The molecule has 0 spiro atoms. The summed E-state index contributed by atoms with van der Waals surface area (Å²) in [6.45, 7) is 0.608. The summed E-state index contributed by atoms with van der Waals surface area (Å²) in [5, 5.41) is 0. The molecule has 0 amide bonds. The average Bonchev–Trinajstić information content (AvgIpc) is 1.90. The second-order valence-corrected chi connectivity index (χ2v) is 1.62. The molecular formula is C7H8N+. The van der Waals surface area contributed by atoms with E-state index in [-0.39, 0.29) is 0 Å². The topological polar surface area (TPSA) is 26.0 Å². The molecule has 0 aromatic carbocycles. The molecule has 1 nitrogen and oxygen atoms in total. The molecule has 1 aliphatic carbocycles. The Morgan fingerprint density at radius 3 is 2.88 bits per heavy atom. The summed E-state index contributed by atoms with van der Waals surface area (Å²) < 4.78 is 0. The highest BCUT2D eigenvalue weighted by molar-refractivity contribution is 5.29. The number of hydrogen-bond acceptors (Lipinski definition) is 1. The van der Waals surface area contributed by atoms with Gasteiger partial charge in [0.1, 0.15) is 12.2 Å². The van der Waals surface area contributed by atoms with E-state index in [1.807, 2.05) is 24.3 Å². The largest absolute Gasteiger partial charge is 0.316 e. The van der Waals surface area contributed by atoms with Gasteiger partial charge in [0.2, 0.25) is 0 Å². The molecule has 0 bridgehead atoms. The van der Waals surface area contributed by atoms with Crippen molar-refractivity contribution in [1.82, 2.24) is 0 Å². The fourth-order valence-electron chi connectivity index (χ4n) is 0.557. The van der Waals surface area contributed by atoms with E-state index >= 15 is 0 Å². The van der Waals surface area contributed by atoms with Crippen LogP contribution in [0.4, 0.5) is 0 Å². The SMILES string of the molecule is NCC1=CC=C[C+]=C1. The summed E-state index contributed by atoms with van der Waals surface area (Å²) in [4.78, 5) is 0. The van der Waals surface area contributed by atoms with E-state index in [9.17, 15) is 0 Å². The Hall–Kier alpha value is -0.910. The number of rotatable bonds is 1. The second kappa shape index (κ2) is 2.41. The van der Waals surface area contributed by atoms with E-state index in [0.29, 0.717) is 6.54 Å². The molecule has 0 radical (unpaired) electrons. The van der Waals surface area contributed by atoms with Crippen molar-refractivity contribution >= 4 is 0 Å². The average molecular weight is 106 g/mol. The molecule has 1 heteroatoms. The maximum Gasteiger partial charge on any atom is 0.107 e. The van der Waals surface area contributed by atoms with Crippen LogP contribution in [0.25, 0.3) is 0 Å². The molecule has 0 atom stereocenters. The van der Waals surface area contributed by atoms with Crippen molar-refractivity contribution in [1.29, 1.82) is 0 Å². The van der Waals surface area contributed by atoms with Crippen LogP contribution < -0.4 is 5.73 Å². The lowest BCUT2D eigenvalue weighted by molar-refractivity contribution is 1.18. The molecule has 1 aliphatic rings. The van der Waals surface area contributed by atoms with Crippen LogP contribution in [0.5, 0.6) is 0 Å². The number of hydrogen-bond donors (Lipinski definition) is 1. The van der Waals surface area contributed by atoms with E-state index in [2.05, 4.69) is 6.08 Å². The predicted molar refractivity (Wildman–Crippen MR) is 34.1 cm³/mol. The molecule has 0 aliphatic heterocycles. The highest BCUT2D eigenvalue weighted by atomic mass is 14.5. The third-order valence-electron chi connectivity index (χ3n) is 1.01. The molecule has 0 heterocycles. The zero-order valence-electron chi connectivity index (χ0n) is 4.59. The first-order chi connectivity index (χ1) is 3.93. The van der Waals surface area contributed by atoms with Crippen LogP contribution in [0.3, 0.4) is 0 Å². The zero-order chi connectivity index (χ0) is 5.82. The van der Waals surface area contributed by atoms with E-state index in [1.165, 1.54) is 0 Å². The molecule has 40 valence electrons. The maximum atomic E-state index is 5.33. The highest BCUT2D eigenvalue weighted by Gasteiger charge is 1.96. The van der Waals surface area contributed by atoms with E-state index in [1.54, 1.807) is 0 Å². The van der Waals surface area contributed by atoms with E-state index < -0.39 is 0 Å². The van der Waals surface area contributed by atoms with Crippen LogP contribution in [0.1, 0.15) is 0 Å². The van der Waals surface area contributed by atoms with E-state index in [4.69, 9.17) is 5.73 Å². The van der Waals surface area contributed by atoms with Crippen LogP contribution in [0, 0.1) is 6.08 Å². The molecular weight excluding hydrogens is 98.1 g/mol. The quantitative estimate of drug-likeness (QED) is 0.491. The van der Waals surface area contributed by atoms with Gasteiger partial charge >= 0.3 is 0 Å². The Bertz CT molecular complexity index is 152. The van der Waals surface area contributed by atoms with Gasteiger partial charge in [0.15, 0.2) is 0 Å². The van der Waals surface area contributed by atoms with Gasteiger partial charge in [-0.05, 0) is 0 Å². The zero-order valence-corrected chi connectivity index (χ0v) is 4.59. The summed E-state index contributed by atoms with van der Waals surface area (Å²) in [5.41, 5.74) is 6.46. The highest BCUT2D eigenvalue weighted by Crippen LogP contribution is 1.98. The van der Waals surface area contributed by atoms with Crippen molar-refractivity contribution in [2.24, 2.45) is 5.73 Å². The summed E-state index contributed by atoms with van der Waals surface area (Å²) in [5.74, 6) is 0. The molecule has 1 rings (SSSR count). The second-order valence-electron chi connectivity index (χ2n) is 1.62. The van der Waals surface area contributed by atoms with E-state index in [0.717, 1.165) is 5.57 Å². The monoisotopic (exact) mass is 106 g/mol. The molecule has 0 aromatic heterocycles. The first-order valence-corrected chi connectivity index (χ1v) is 2.58. The van der Waals surface area contributed by atoms with Crippen molar-refractivity contribution in [2.45, 2.75) is 0 Å². The van der Waals surface area contributed by atoms with Crippen molar-refractivity contribution in [3.8, 4) is 0 Å². The minimum absolute atomic E-state index is 0.608. The predicted octanol–water partition coefficient (Wildman–Crippen LogP) is 0.801. The Morgan fingerprint density at radius 1 is 1.62 bits per heavy atom. The van der Waals surface area contributed by atoms with Crippen LogP contribution in [0.15, 0.2) is 29.9 Å². The van der Waals surface area contributed by atoms with Gasteiger partial charge in [-0.25, -0.2) is 0 Å². The van der Waals surface area contributed by atoms with Gasteiger partial charge in [0.05, 0.1) is 18.2 Å². The molecule has 0 saturated carbocycles. The van der Waals surface area contributed by atoms with Crippen molar-refractivity contribution in [3.63, 3.8) is 0 Å². The minimum Gasteiger partial charge on any atom is -0.316 e. The lowest BCUT2D eigenvalue weighted by Gasteiger charge is -1.85. The summed E-state index contributed by atoms with van der Waals surface area (Å²) in [7, 11) is 0. The fraction of sp³-hybridized carbons (Fsp3) is 0.143. The number of allylic oxidation sites excluding steroid dienone is 4. The molecule has 2 N–H and O–H groups in total. The first kappa shape index (κ1) is 5.23. The number of nitrogens with two attached hydrogens (primary N) is 1. The molecule has 0 fully saturated rings. The van der Waals surface area contributed by atoms with Gasteiger partial charge < -0.3 is 5.73 Å². The fourth-order valence-corrected chi connectivity index (χ4v) is 0.557. The van der Waals surface area contributed by atoms with Crippen molar-refractivity contribution in [2.75, 3.05) is 6.54 Å². The lowest BCUT2D eigenvalue weighted by Crippen LogP contribution is -2.00. The molecule has 8 heavy (non-hydrogen) atoms. The maximum absolute atomic E-state index is 5.33. The third-order valence-corrected chi connectivity index (χ3v) is 1.01. The van der Waals surface area contributed by atoms with Gasteiger partial charge in [-0.1, -0.05) is 0 Å². The Labute approximate surface area is 49.2 Å². The first-order valence-electron chi connectivity index (χ1n) is 2.58. The van der Waals surface area contributed by atoms with Crippen LogP contribution in [-0.2, 0) is 0 Å². The standard InChI is InChI=1S/C7H8N/c8-6-7-4-2-1-3-5-7/h1-2,4-5H,6,8H2/q+1. The Balaban J connectivity index is 2.68. The lowest BCUT2D eigenvalue weighted by atomic mass is 10.2. The summed E-state index contributed by atoms with van der Waals surface area (Å²) >= 11 is 0. The molecule has 0 saturated heterocycles. The van der Waals surface area contributed by atoms with Crippen molar-refractivity contribution < 1.29 is 0 Å². The van der Waals surface area contributed by atoms with Crippen LogP contribution in [0.2, 0.25) is 0 Å². The van der Waals surface area contributed by atoms with Gasteiger partial charge in [0, 0.05) is 12.2 Å². The third kappa shape index (κ3) is 1.03. The molecule has 0 aromatic rings. The Morgan fingerprint density at radius 2 is 2.50 bits per heavy atom.